The van der Waals surface area contributed by atoms with Gasteiger partial charge in [0.15, 0.2) is 11.2 Å². The minimum atomic E-state index is -0.606. The highest BCUT2D eigenvalue weighted by molar-refractivity contribution is 5.81. The fourth-order valence-corrected chi connectivity index (χ4v) is 6.43. The van der Waals surface area contributed by atoms with Gasteiger partial charge in [-0.15, -0.1) is 0 Å². The van der Waals surface area contributed by atoms with Crippen LogP contribution in [0.2, 0.25) is 0 Å². The van der Waals surface area contributed by atoms with Crippen LogP contribution in [0.3, 0.4) is 0 Å². The van der Waals surface area contributed by atoms with Crippen molar-refractivity contribution in [3.05, 3.63) is 188 Å². The summed E-state index contributed by atoms with van der Waals surface area (Å²) in [5, 5.41) is 0. The SMILES string of the molecule is C=C/C=C\C=C1/N(c2ccccc2)c2ccccc2C12C=CC(C)(C)O2.C=C/C=C\C=C1/Oc2ccccc2C12C=CC(C)(C)O2. The number of ether oxygens (including phenoxy) is 3. The van der Waals surface area contributed by atoms with Crippen LogP contribution in [0, 0.1) is 0 Å². The third-order valence-electron chi connectivity index (χ3n) is 8.34. The van der Waals surface area contributed by atoms with Crippen LogP contribution in [0.4, 0.5) is 11.4 Å². The normalized spacial score (nSPS) is 26.2. The fourth-order valence-electron chi connectivity index (χ4n) is 6.43. The molecule has 4 nitrogen and oxygen atoms in total. The molecule has 4 aliphatic rings. The zero-order valence-corrected chi connectivity index (χ0v) is 27.0. The molecule has 3 aromatic rings. The molecule has 232 valence electrons. The van der Waals surface area contributed by atoms with Crippen LogP contribution in [0.1, 0.15) is 38.8 Å². The molecule has 2 unspecified atom stereocenters. The van der Waals surface area contributed by atoms with E-state index in [1.54, 1.807) is 12.2 Å². The Balaban J connectivity index is 0.000000167. The molecule has 0 saturated heterocycles. The molecule has 0 amide bonds. The first kappa shape index (κ1) is 31.1. The van der Waals surface area contributed by atoms with Crippen molar-refractivity contribution in [2.45, 2.75) is 50.1 Å². The standard InChI is InChI=1S/C24H23NO.C18H18O2/c1-4-5-7-16-22-24(18-17-23(2,3)26-24)20-14-10-11-15-21(20)25(22)19-12-8-6-9-13-19;1-4-5-6-11-16-18(13-12-17(2,3)20-18)14-9-7-8-10-15(14)19-16/h4-18H,1H2,2-3H3;4-13H,1H2,2-3H3/b7-5-,22-16-;6-5-,16-11-. The summed E-state index contributed by atoms with van der Waals surface area (Å²) in [5.41, 5.74) is 3.78. The quantitative estimate of drug-likeness (QED) is 0.213. The Labute approximate surface area is 273 Å². The minimum absolute atomic E-state index is 0.304. The number of rotatable bonds is 5. The monoisotopic (exact) mass is 607 g/mol. The Hall–Kier alpha value is -4.90. The Bertz CT molecular complexity index is 1820. The molecule has 7 rings (SSSR count). The van der Waals surface area contributed by atoms with Crippen LogP contribution in [0.5, 0.6) is 5.75 Å². The lowest BCUT2D eigenvalue weighted by molar-refractivity contribution is -0.0583. The summed E-state index contributed by atoms with van der Waals surface area (Å²) in [6.07, 6.45) is 23.9. The van der Waals surface area contributed by atoms with Crippen LogP contribution in [-0.4, -0.2) is 11.2 Å². The number of nitrogens with zero attached hydrogens (tertiary/aromatic N) is 1. The zero-order chi connectivity index (χ0) is 32.4. The van der Waals surface area contributed by atoms with Crippen molar-refractivity contribution in [2.75, 3.05) is 4.90 Å². The van der Waals surface area contributed by atoms with E-state index in [2.05, 4.69) is 131 Å². The van der Waals surface area contributed by atoms with Gasteiger partial charge in [0.1, 0.15) is 11.5 Å². The van der Waals surface area contributed by atoms with Gasteiger partial charge in [0.05, 0.1) is 22.6 Å². The molecule has 0 N–H and O–H groups in total. The fraction of sp³-hybridized carbons (Fsp3) is 0.190. The second-order valence-electron chi connectivity index (χ2n) is 12.7. The van der Waals surface area contributed by atoms with Gasteiger partial charge in [-0.1, -0.05) is 116 Å². The number of fused-ring (bicyclic) bond motifs is 4. The summed E-state index contributed by atoms with van der Waals surface area (Å²) in [7, 11) is 0. The molecule has 46 heavy (non-hydrogen) atoms. The molecule has 0 radical (unpaired) electrons. The molecule has 2 spiro atoms. The van der Waals surface area contributed by atoms with Gasteiger partial charge in [-0.3, -0.25) is 0 Å². The van der Waals surface area contributed by atoms with Gasteiger partial charge in [-0.05, 0) is 76.3 Å². The van der Waals surface area contributed by atoms with Gasteiger partial charge >= 0.3 is 0 Å². The third kappa shape index (κ3) is 5.55. The van der Waals surface area contributed by atoms with Crippen LogP contribution in [-0.2, 0) is 20.7 Å². The van der Waals surface area contributed by atoms with E-state index in [1.165, 1.54) is 5.56 Å². The summed E-state index contributed by atoms with van der Waals surface area (Å²) < 4.78 is 18.9. The molecule has 0 fully saturated rings. The largest absolute Gasteiger partial charge is 0.457 e. The Kier molecular flexibility index (Phi) is 8.20. The predicted molar refractivity (Wildman–Crippen MR) is 189 cm³/mol. The molecular weight excluding hydrogens is 566 g/mol. The van der Waals surface area contributed by atoms with E-state index in [4.69, 9.17) is 14.2 Å². The molecule has 2 atom stereocenters. The van der Waals surface area contributed by atoms with Crippen LogP contribution in [0.15, 0.2) is 176 Å². The first-order chi connectivity index (χ1) is 22.1. The van der Waals surface area contributed by atoms with E-state index < -0.39 is 11.2 Å². The van der Waals surface area contributed by atoms with Gasteiger partial charge < -0.3 is 19.1 Å². The van der Waals surface area contributed by atoms with Gasteiger partial charge in [-0.2, -0.15) is 0 Å². The van der Waals surface area contributed by atoms with Crippen molar-refractivity contribution in [1.29, 1.82) is 0 Å². The number of benzene rings is 3. The third-order valence-corrected chi connectivity index (χ3v) is 8.34. The van der Waals surface area contributed by atoms with Gasteiger partial charge in [0.25, 0.3) is 0 Å². The van der Waals surface area contributed by atoms with Crippen LogP contribution < -0.4 is 9.64 Å². The van der Waals surface area contributed by atoms with Crippen LogP contribution in [0.25, 0.3) is 0 Å². The Morgan fingerprint density at radius 3 is 1.78 bits per heavy atom. The molecular formula is C42H41NO3. The van der Waals surface area contributed by atoms with E-state index in [1.807, 2.05) is 54.6 Å². The maximum absolute atomic E-state index is 6.64. The number of para-hydroxylation sites is 3. The van der Waals surface area contributed by atoms with E-state index in [-0.39, 0.29) is 11.2 Å². The highest BCUT2D eigenvalue weighted by Gasteiger charge is 2.53. The van der Waals surface area contributed by atoms with Crippen molar-refractivity contribution in [2.24, 2.45) is 0 Å². The summed E-state index contributed by atoms with van der Waals surface area (Å²) >= 11 is 0. The maximum Gasteiger partial charge on any atom is 0.173 e. The van der Waals surface area contributed by atoms with Gasteiger partial charge in [0, 0.05) is 16.8 Å². The lowest BCUT2D eigenvalue weighted by atomic mass is 9.93. The summed E-state index contributed by atoms with van der Waals surface area (Å²) in [6, 6.07) is 26.9. The Morgan fingerprint density at radius 1 is 0.587 bits per heavy atom. The topological polar surface area (TPSA) is 30.9 Å². The van der Waals surface area contributed by atoms with E-state index in [0.717, 1.165) is 34.1 Å². The first-order valence-electron chi connectivity index (χ1n) is 15.7. The maximum atomic E-state index is 6.64. The van der Waals surface area contributed by atoms with Crippen molar-refractivity contribution in [3.8, 4) is 5.75 Å². The van der Waals surface area contributed by atoms with E-state index >= 15 is 0 Å². The molecule has 0 aromatic heterocycles. The highest BCUT2D eigenvalue weighted by Crippen LogP contribution is 2.56. The summed E-state index contributed by atoms with van der Waals surface area (Å²) in [5.74, 6) is 1.65. The zero-order valence-electron chi connectivity index (χ0n) is 27.0. The summed E-state index contributed by atoms with van der Waals surface area (Å²) in [4.78, 5) is 2.29. The average molecular weight is 608 g/mol. The molecule has 4 heterocycles. The molecule has 0 saturated carbocycles. The predicted octanol–water partition coefficient (Wildman–Crippen LogP) is 10.3. The average Bonchev–Trinajstić information content (AvgIpc) is 3.74. The lowest BCUT2D eigenvalue weighted by Crippen LogP contribution is -2.33. The molecule has 0 aliphatic carbocycles. The first-order valence-corrected chi connectivity index (χ1v) is 15.7. The second kappa shape index (κ2) is 12.1. The molecule has 0 bridgehead atoms. The number of allylic oxidation sites excluding steroid dienone is 8. The summed E-state index contributed by atoms with van der Waals surface area (Å²) in [6.45, 7) is 15.8. The molecule has 4 heteroatoms. The lowest BCUT2D eigenvalue weighted by Gasteiger charge is -2.32. The number of hydrogen-bond acceptors (Lipinski definition) is 4. The smallest absolute Gasteiger partial charge is 0.173 e. The van der Waals surface area contributed by atoms with Crippen LogP contribution >= 0.6 is 0 Å². The molecule has 4 aliphatic heterocycles. The van der Waals surface area contributed by atoms with Crippen molar-refractivity contribution in [3.63, 3.8) is 0 Å². The highest BCUT2D eigenvalue weighted by atomic mass is 16.6. The molecule has 3 aromatic carbocycles. The minimum Gasteiger partial charge on any atom is -0.457 e. The Morgan fingerprint density at radius 2 is 1.15 bits per heavy atom. The van der Waals surface area contributed by atoms with Crippen molar-refractivity contribution in [1.82, 2.24) is 0 Å². The van der Waals surface area contributed by atoms with E-state index in [9.17, 15) is 0 Å². The van der Waals surface area contributed by atoms with E-state index in [0.29, 0.717) is 0 Å². The van der Waals surface area contributed by atoms with Crippen molar-refractivity contribution < 1.29 is 14.2 Å². The van der Waals surface area contributed by atoms with Crippen molar-refractivity contribution >= 4 is 11.4 Å². The number of anilines is 2. The van der Waals surface area contributed by atoms with Gasteiger partial charge in [0.2, 0.25) is 0 Å². The van der Waals surface area contributed by atoms with Gasteiger partial charge in [-0.25, -0.2) is 0 Å². The second-order valence-corrected chi connectivity index (χ2v) is 12.7. The number of hydrogen-bond donors (Lipinski definition) is 0.